The molecule has 2 unspecified atom stereocenters. The van der Waals surface area contributed by atoms with Crippen LogP contribution in [0.25, 0.3) is 0 Å². The van der Waals surface area contributed by atoms with Gasteiger partial charge in [0, 0.05) is 34.8 Å². The maximum Gasteiger partial charge on any atom is 0.239 e. The van der Waals surface area contributed by atoms with E-state index in [0.29, 0.717) is 24.0 Å². The number of carbonyl (C=O) groups is 1. The third-order valence-corrected chi connectivity index (χ3v) is 5.63. The number of nitrogens with one attached hydrogen (secondary N) is 2. The zero-order chi connectivity index (χ0) is 20.3. The van der Waals surface area contributed by atoms with Crippen molar-refractivity contribution in [2.45, 2.75) is 44.7 Å². The van der Waals surface area contributed by atoms with Crippen molar-refractivity contribution in [3.8, 4) is 0 Å². The van der Waals surface area contributed by atoms with Gasteiger partial charge in [-0.05, 0) is 57.9 Å². The normalized spacial score (nSPS) is 25.7. The molecule has 0 aromatic heterocycles. The van der Waals surface area contributed by atoms with Crippen LogP contribution in [0, 0.1) is 5.92 Å². The van der Waals surface area contributed by atoms with E-state index in [2.05, 4.69) is 36.3 Å². The number of carbonyl (C=O) groups excluding carboxylic acids is 1. The van der Waals surface area contributed by atoms with Gasteiger partial charge in [0.15, 0.2) is 5.88 Å². The van der Waals surface area contributed by atoms with Gasteiger partial charge < -0.3 is 20.3 Å². The van der Waals surface area contributed by atoms with E-state index in [0.717, 1.165) is 30.8 Å². The molecule has 0 aromatic carbocycles. The number of nitrogens with zero attached hydrogens (tertiary/aromatic N) is 2. The van der Waals surface area contributed by atoms with Gasteiger partial charge in [0.25, 0.3) is 0 Å². The Morgan fingerprint density at radius 2 is 2.25 bits per heavy atom. The zero-order valence-corrected chi connectivity index (χ0v) is 17.6. The lowest BCUT2D eigenvalue weighted by molar-refractivity contribution is -0.122. The van der Waals surface area contributed by atoms with Crippen LogP contribution in [0.4, 0.5) is 0 Å². The largest absolute Gasteiger partial charge is 0.483 e. The molecule has 3 rings (SSSR count). The Balaban J connectivity index is 1.62. The van der Waals surface area contributed by atoms with Crippen LogP contribution in [0.2, 0.25) is 0 Å². The highest BCUT2D eigenvalue weighted by atomic mass is 35.5. The van der Waals surface area contributed by atoms with Crippen molar-refractivity contribution in [3.63, 3.8) is 0 Å². The molecule has 0 bridgehead atoms. The van der Waals surface area contributed by atoms with Crippen LogP contribution in [0.3, 0.4) is 0 Å². The number of hydrogen-bond donors (Lipinski definition) is 2. The molecule has 152 valence electrons. The lowest BCUT2D eigenvalue weighted by Crippen LogP contribution is -2.44. The molecule has 0 aromatic rings. The van der Waals surface area contributed by atoms with Crippen molar-refractivity contribution in [2.75, 3.05) is 20.2 Å². The van der Waals surface area contributed by atoms with E-state index >= 15 is 0 Å². The van der Waals surface area contributed by atoms with Gasteiger partial charge in [-0.2, -0.15) is 0 Å². The number of methoxy groups -OCH3 is 1. The fourth-order valence-corrected chi connectivity index (χ4v) is 3.60. The Morgan fingerprint density at radius 3 is 2.89 bits per heavy atom. The van der Waals surface area contributed by atoms with Crippen molar-refractivity contribution in [1.29, 1.82) is 0 Å². The Labute approximate surface area is 172 Å². The molecule has 1 aliphatic heterocycles. The number of allylic oxidation sites excluding steroid dienone is 3. The topological polar surface area (TPSA) is 66.0 Å². The average Bonchev–Trinajstić information content (AvgIpc) is 3.39. The number of amidine groups is 1. The molecule has 0 spiro atoms. The maximum atomic E-state index is 12.3. The summed E-state index contributed by atoms with van der Waals surface area (Å²) in [6.07, 6.45) is 10.9. The minimum absolute atomic E-state index is 0.000510. The predicted molar refractivity (Wildman–Crippen MR) is 113 cm³/mol. The van der Waals surface area contributed by atoms with Gasteiger partial charge in [0.2, 0.25) is 5.91 Å². The SMILES string of the molecule is C=C(NC1C=C(Cl)C=CC(C2=CCN(CC(=O)NC3(C)CC3)C(C)=N2)C1)OC. The Kier molecular flexibility index (Phi) is 6.18. The molecule has 2 aliphatic carbocycles. The van der Waals surface area contributed by atoms with Crippen LogP contribution in [-0.4, -0.2) is 48.4 Å². The second-order valence-electron chi connectivity index (χ2n) is 7.91. The van der Waals surface area contributed by atoms with Gasteiger partial charge >= 0.3 is 0 Å². The molecule has 2 atom stereocenters. The number of halogens is 1. The van der Waals surface area contributed by atoms with E-state index < -0.39 is 0 Å². The molecule has 0 saturated heterocycles. The Bertz CT molecular complexity index is 764. The highest BCUT2D eigenvalue weighted by Crippen LogP contribution is 2.34. The highest BCUT2D eigenvalue weighted by molar-refractivity contribution is 6.31. The minimum atomic E-state index is -0.000510. The van der Waals surface area contributed by atoms with E-state index in [1.54, 1.807) is 7.11 Å². The van der Waals surface area contributed by atoms with Crippen LogP contribution in [-0.2, 0) is 9.53 Å². The van der Waals surface area contributed by atoms with E-state index in [1.165, 1.54) is 0 Å². The summed E-state index contributed by atoms with van der Waals surface area (Å²) >= 11 is 6.27. The Morgan fingerprint density at radius 1 is 1.50 bits per heavy atom. The van der Waals surface area contributed by atoms with Crippen molar-refractivity contribution >= 4 is 23.3 Å². The van der Waals surface area contributed by atoms with Crippen LogP contribution in [0.15, 0.2) is 52.5 Å². The smallest absolute Gasteiger partial charge is 0.239 e. The molecule has 28 heavy (non-hydrogen) atoms. The quantitative estimate of drug-likeness (QED) is 0.640. The summed E-state index contributed by atoms with van der Waals surface area (Å²) < 4.78 is 5.13. The standard InChI is InChI=1S/C21H29ClN4O2/c1-14-23-19(7-10-26(14)13-20(27)25-21(3)8-9-21)16-5-6-17(22)12-18(11-16)24-15(2)28-4/h5-7,12,16,18,24H,2,8-11,13H2,1,3-4H3,(H,25,27). The number of aliphatic imine (C=N–C) groups is 1. The predicted octanol–water partition coefficient (Wildman–Crippen LogP) is 3.05. The lowest BCUT2D eigenvalue weighted by atomic mass is 9.96. The van der Waals surface area contributed by atoms with E-state index in [-0.39, 0.29) is 23.4 Å². The second kappa shape index (κ2) is 8.43. The number of hydrogen-bond acceptors (Lipinski definition) is 5. The van der Waals surface area contributed by atoms with Gasteiger partial charge in [0.1, 0.15) is 5.84 Å². The van der Waals surface area contributed by atoms with Gasteiger partial charge in [-0.25, -0.2) is 4.99 Å². The summed E-state index contributed by atoms with van der Waals surface area (Å²) in [5, 5.41) is 7.00. The molecule has 1 amide bonds. The second-order valence-corrected chi connectivity index (χ2v) is 8.34. The summed E-state index contributed by atoms with van der Waals surface area (Å²) in [5.41, 5.74) is 0.999. The molecule has 7 heteroatoms. The first-order valence-corrected chi connectivity index (χ1v) is 10.0. The first-order valence-electron chi connectivity index (χ1n) is 9.64. The molecule has 2 N–H and O–H groups in total. The Hall–Kier alpha value is -2.21. The summed E-state index contributed by atoms with van der Waals surface area (Å²) in [4.78, 5) is 19.0. The fourth-order valence-electron chi connectivity index (χ4n) is 3.38. The maximum absolute atomic E-state index is 12.3. The molecule has 6 nitrogen and oxygen atoms in total. The molecule has 1 fully saturated rings. The van der Waals surface area contributed by atoms with E-state index in [4.69, 9.17) is 21.3 Å². The van der Waals surface area contributed by atoms with Crippen LogP contribution >= 0.6 is 11.6 Å². The monoisotopic (exact) mass is 404 g/mol. The third-order valence-electron chi connectivity index (χ3n) is 5.37. The zero-order valence-electron chi connectivity index (χ0n) is 16.8. The number of rotatable bonds is 7. The molecule has 1 heterocycles. The first kappa shape index (κ1) is 20.5. The van der Waals surface area contributed by atoms with Gasteiger partial charge in [-0.15, -0.1) is 0 Å². The first-order chi connectivity index (χ1) is 13.3. The van der Waals surface area contributed by atoms with Crippen molar-refractivity contribution in [1.82, 2.24) is 15.5 Å². The van der Waals surface area contributed by atoms with Gasteiger partial charge in [0.05, 0.1) is 13.7 Å². The number of ether oxygens (including phenoxy) is 1. The van der Waals surface area contributed by atoms with Crippen molar-refractivity contribution < 1.29 is 9.53 Å². The number of amides is 1. The molecular weight excluding hydrogens is 376 g/mol. The van der Waals surface area contributed by atoms with Crippen LogP contribution in [0.1, 0.15) is 33.1 Å². The summed E-state index contributed by atoms with van der Waals surface area (Å²) in [6, 6.07) is -0.000510. The molecule has 0 radical (unpaired) electrons. The molecule has 3 aliphatic rings. The average molecular weight is 405 g/mol. The van der Waals surface area contributed by atoms with E-state index in [9.17, 15) is 4.79 Å². The van der Waals surface area contributed by atoms with Gasteiger partial charge in [-0.1, -0.05) is 17.7 Å². The summed E-state index contributed by atoms with van der Waals surface area (Å²) in [6.45, 7) is 8.87. The molecule has 1 saturated carbocycles. The van der Waals surface area contributed by atoms with Crippen LogP contribution < -0.4 is 10.6 Å². The van der Waals surface area contributed by atoms with E-state index in [1.807, 2.05) is 24.0 Å². The summed E-state index contributed by atoms with van der Waals surface area (Å²) in [7, 11) is 1.58. The molecular formula is C21H29ClN4O2. The minimum Gasteiger partial charge on any atom is -0.483 e. The third kappa shape index (κ3) is 5.41. The van der Waals surface area contributed by atoms with Crippen molar-refractivity contribution in [2.24, 2.45) is 10.9 Å². The van der Waals surface area contributed by atoms with Crippen LogP contribution in [0.5, 0.6) is 0 Å². The fraction of sp³-hybridized carbons (Fsp3) is 0.524. The van der Waals surface area contributed by atoms with Crippen molar-refractivity contribution in [3.05, 3.63) is 47.5 Å². The highest BCUT2D eigenvalue weighted by Gasteiger charge is 2.38. The van der Waals surface area contributed by atoms with Gasteiger partial charge in [-0.3, -0.25) is 4.79 Å². The lowest BCUT2D eigenvalue weighted by Gasteiger charge is -2.29. The summed E-state index contributed by atoms with van der Waals surface area (Å²) in [5.74, 6) is 1.53.